The summed E-state index contributed by atoms with van der Waals surface area (Å²) in [6, 6.07) is 9.30. The molecule has 0 amide bonds. The van der Waals surface area contributed by atoms with Crippen molar-refractivity contribution in [1.29, 1.82) is 0 Å². The second-order valence-electron chi connectivity index (χ2n) is 4.25. The monoisotopic (exact) mass is 389 g/mol. The molecule has 0 spiro atoms. The van der Waals surface area contributed by atoms with E-state index in [0.29, 0.717) is 28.1 Å². The highest BCUT2D eigenvalue weighted by Crippen LogP contribution is 2.37. The molecule has 0 fully saturated rings. The molecule has 0 aliphatic rings. The van der Waals surface area contributed by atoms with Crippen LogP contribution in [0.4, 0.5) is 5.69 Å². The molecule has 0 aliphatic carbocycles. The van der Waals surface area contributed by atoms with Crippen LogP contribution in [0.15, 0.2) is 34.8 Å². The molecule has 0 saturated carbocycles. The summed E-state index contributed by atoms with van der Waals surface area (Å²) in [4.78, 5) is 0. The Hall–Kier alpha value is -1.10. The van der Waals surface area contributed by atoms with Gasteiger partial charge in [-0.2, -0.15) is 0 Å². The fourth-order valence-corrected chi connectivity index (χ4v) is 3.01. The predicted octanol–water partition coefficient (Wildman–Crippen LogP) is 5.39. The number of benzene rings is 2. The molecule has 0 heterocycles. The van der Waals surface area contributed by atoms with Crippen molar-refractivity contribution in [1.82, 2.24) is 0 Å². The highest BCUT2D eigenvalue weighted by molar-refractivity contribution is 9.10. The Kier molecular flexibility index (Phi) is 5.62. The molecule has 0 aromatic heterocycles. The first kappa shape index (κ1) is 16.3. The highest BCUT2D eigenvalue weighted by atomic mass is 79.9. The van der Waals surface area contributed by atoms with Crippen LogP contribution in [0.1, 0.15) is 5.56 Å². The van der Waals surface area contributed by atoms with Crippen LogP contribution in [0.3, 0.4) is 0 Å². The molecule has 0 radical (unpaired) electrons. The van der Waals surface area contributed by atoms with E-state index < -0.39 is 0 Å². The summed E-state index contributed by atoms with van der Waals surface area (Å²) in [7, 11) is 3.15. The first-order valence-electron chi connectivity index (χ1n) is 6.15. The van der Waals surface area contributed by atoms with E-state index in [1.165, 1.54) is 0 Å². The van der Waals surface area contributed by atoms with E-state index in [1.807, 2.05) is 30.3 Å². The molecule has 112 valence electrons. The van der Waals surface area contributed by atoms with Crippen molar-refractivity contribution in [2.45, 2.75) is 6.54 Å². The molecule has 0 saturated heterocycles. The van der Waals surface area contributed by atoms with Crippen molar-refractivity contribution in [2.24, 2.45) is 0 Å². The number of halogens is 3. The second kappa shape index (κ2) is 7.25. The van der Waals surface area contributed by atoms with Crippen LogP contribution in [0.5, 0.6) is 11.5 Å². The van der Waals surface area contributed by atoms with Crippen LogP contribution in [0, 0.1) is 0 Å². The van der Waals surface area contributed by atoms with Crippen LogP contribution in [-0.4, -0.2) is 14.2 Å². The third-order valence-electron chi connectivity index (χ3n) is 2.97. The zero-order valence-electron chi connectivity index (χ0n) is 11.5. The maximum atomic E-state index is 6.35. The summed E-state index contributed by atoms with van der Waals surface area (Å²) >= 11 is 15.7. The molecule has 6 heteroatoms. The summed E-state index contributed by atoms with van der Waals surface area (Å²) in [6.07, 6.45) is 0. The lowest BCUT2D eigenvalue weighted by atomic mass is 10.2. The van der Waals surface area contributed by atoms with Gasteiger partial charge in [0.05, 0.1) is 19.2 Å². The van der Waals surface area contributed by atoms with E-state index in [9.17, 15) is 0 Å². The van der Waals surface area contributed by atoms with E-state index >= 15 is 0 Å². The molecule has 3 nitrogen and oxygen atoms in total. The minimum atomic E-state index is 0.536. The van der Waals surface area contributed by atoms with Crippen molar-refractivity contribution in [3.8, 4) is 11.5 Å². The minimum absolute atomic E-state index is 0.536. The van der Waals surface area contributed by atoms with Crippen LogP contribution in [-0.2, 0) is 6.54 Å². The first-order valence-corrected chi connectivity index (χ1v) is 7.70. The Balaban J connectivity index is 2.20. The highest BCUT2D eigenvalue weighted by Gasteiger charge is 2.13. The number of methoxy groups -OCH3 is 2. The SMILES string of the molecule is COc1ccc(CNc2ccc(Cl)cc2Br)c(Cl)c1OC. The predicted molar refractivity (Wildman–Crippen MR) is 91.0 cm³/mol. The normalized spacial score (nSPS) is 10.3. The number of hydrogen-bond donors (Lipinski definition) is 1. The Morgan fingerprint density at radius 2 is 1.86 bits per heavy atom. The van der Waals surface area contributed by atoms with E-state index in [-0.39, 0.29) is 0 Å². The summed E-state index contributed by atoms with van der Waals surface area (Å²) in [6.45, 7) is 0.555. The molecular formula is C15H14BrCl2NO2. The fourth-order valence-electron chi connectivity index (χ4n) is 1.89. The van der Waals surface area contributed by atoms with Gasteiger partial charge >= 0.3 is 0 Å². The quantitative estimate of drug-likeness (QED) is 0.742. The average molecular weight is 391 g/mol. The van der Waals surface area contributed by atoms with Crippen LogP contribution >= 0.6 is 39.1 Å². The van der Waals surface area contributed by atoms with Crippen molar-refractivity contribution >= 4 is 44.8 Å². The average Bonchev–Trinajstić information content (AvgIpc) is 2.47. The Morgan fingerprint density at radius 1 is 1.10 bits per heavy atom. The number of nitrogens with one attached hydrogen (secondary N) is 1. The van der Waals surface area contributed by atoms with E-state index in [0.717, 1.165) is 15.7 Å². The topological polar surface area (TPSA) is 30.5 Å². The summed E-state index contributed by atoms with van der Waals surface area (Å²) < 4.78 is 11.4. The number of ether oxygens (including phenoxy) is 2. The zero-order chi connectivity index (χ0) is 15.4. The summed E-state index contributed by atoms with van der Waals surface area (Å²) in [5.41, 5.74) is 1.85. The number of anilines is 1. The Labute approximate surface area is 142 Å². The van der Waals surface area contributed by atoms with Gasteiger partial charge in [0.15, 0.2) is 11.5 Å². The van der Waals surface area contributed by atoms with Crippen LogP contribution in [0.2, 0.25) is 10.0 Å². The maximum Gasteiger partial charge on any atom is 0.179 e. The molecule has 1 N–H and O–H groups in total. The largest absolute Gasteiger partial charge is 0.493 e. The molecule has 2 rings (SSSR count). The van der Waals surface area contributed by atoms with Gasteiger partial charge in [-0.15, -0.1) is 0 Å². The smallest absolute Gasteiger partial charge is 0.179 e. The Morgan fingerprint density at radius 3 is 2.48 bits per heavy atom. The molecule has 2 aromatic carbocycles. The van der Waals surface area contributed by atoms with Crippen molar-refractivity contribution in [3.05, 3.63) is 50.4 Å². The molecule has 0 unspecified atom stereocenters. The van der Waals surface area contributed by atoms with Crippen molar-refractivity contribution in [2.75, 3.05) is 19.5 Å². The maximum absolute atomic E-state index is 6.35. The molecule has 2 aromatic rings. The zero-order valence-corrected chi connectivity index (χ0v) is 14.6. The van der Waals surface area contributed by atoms with Gasteiger partial charge in [0, 0.05) is 21.7 Å². The van der Waals surface area contributed by atoms with Crippen molar-refractivity contribution in [3.63, 3.8) is 0 Å². The van der Waals surface area contributed by atoms with Gasteiger partial charge in [-0.25, -0.2) is 0 Å². The lowest BCUT2D eigenvalue weighted by molar-refractivity contribution is 0.355. The lowest BCUT2D eigenvalue weighted by Gasteiger charge is -2.14. The van der Waals surface area contributed by atoms with Gasteiger partial charge in [-0.1, -0.05) is 29.3 Å². The minimum Gasteiger partial charge on any atom is -0.493 e. The van der Waals surface area contributed by atoms with Gasteiger partial charge in [-0.3, -0.25) is 0 Å². The van der Waals surface area contributed by atoms with E-state index in [4.69, 9.17) is 32.7 Å². The van der Waals surface area contributed by atoms with E-state index in [2.05, 4.69) is 21.2 Å². The standard InChI is InChI=1S/C15H14BrCl2NO2/c1-20-13-6-3-9(14(18)15(13)21-2)8-19-12-5-4-10(17)7-11(12)16/h3-7,19H,8H2,1-2H3. The molecule has 21 heavy (non-hydrogen) atoms. The third kappa shape index (κ3) is 3.76. The van der Waals surface area contributed by atoms with Gasteiger partial charge < -0.3 is 14.8 Å². The van der Waals surface area contributed by atoms with Gasteiger partial charge in [0.2, 0.25) is 0 Å². The van der Waals surface area contributed by atoms with Gasteiger partial charge in [0.1, 0.15) is 0 Å². The molecule has 0 atom stereocenters. The van der Waals surface area contributed by atoms with Gasteiger partial charge in [0.25, 0.3) is 0 Å². The summed E-state index contributed by atoms with van der Waals surface area (Å²) in [5, 5.41) is 4.51. The van der Waals surface area contributed by atoms with Crippen molar-refractivity contribution < 1.29 is 9.47 Å². The second-order valence-corrected chi connectivity index (χ2v) is 5.92. The molecule has 0 bridgehead atoms. The summed E-state index contributed by atoms with van der Waals surface area (Å²) in [5.74, 6) is 1.15. The Bertz CT molecular complexity index is 650. The molecular weight excluding hydrogens is 377 g/mol. The number of hydrogen-bond acceptors (Lipinski definition) is 3. The van der Waals surface area contributed by atoms with Crippen LogP contribution in [0.25, 0.3) is 0 Å². The van der Waals surface area contributed by atoms with Crippen LogP contribution < -0.4 is 14.8 Å². The third-order valence-corrected chi connectivity index (χ3v) is 4.27. The van der Waals surface area contributed by atoms with E-state index in [1.54, 1.807) is 14.2 Å². The number of rotatable bonds is 5. The lowest BCUT2D eigenvalue weighted by Crippen LogP contribution is -2.02. The molecule has 0 aliphatic heterocycles. The fraction of sp³-hybridized carbons (Fsp3) is 0.200. The first-order chi connectivity index (χ1) is 10.1. The van der Waals surface area contributed by atoms with Gasteiger partial charge in [-0.05, 0) is 45.8 Å².